The van der Waals surface area contributed by atoms with E-state index in [9.17, 15) is 18.0 Å². The number of fused-ring (bicyclic) bond motifs is 1. The molecular weight excluding hydrogens is 463 g/mol. The van der Waals surface area contributed by atoms with Gasteiger partial charge in [0.2, 0.25) is 0 Å². The maximum absolute atomic E-state index is 12.7. The molecule has 1 aliphatic heterocycles. The van der Waals surface area contributed by atoms with Gasteiger partial charge in [0.15, 0.2) is 5.65 Å². The maximum Gasteiger partial charge on any atom is 0.490 e. The monoisotopic (exact) mass is 481 g/mol. The second-order valence-electron chi connectivity index (χ2n) is 6.74. The molecule has 1 amide bonds. The minimum absolute atomic E-state index is 0.322. The number of nitrogens with zero attached hydrogens (tertiary/aromatic N) is 5. The van der Waals surface area contributed by atoms with E-state index in [0.717, 1.165) is 38.4 Å². The Labute approximate surface area is 189 Å². The molecule has 1 saturated heterocycles. The van der Waals surface area contributed by atoms with E-state index in [-0.39, 0.29) is 5.91 Å². The van der Waals surface area contributed by atoms with Crippen LogP contribution in [-0.2, 0) is 4.79 Å². The highest BCUT2D eigenvalue weighted by Crippen LogP contribution is 2.23. The van der Waals surface area contributed by atoms with Crippen molar-refractivity contribution in [2.75, 3.05) is 36.4 Å². The molecule has 0 radical (unpaired) electrons. The molecule has 0 aromatic carbocycles. The fourth-order valence-corrected chi connectivity index (χ4v) is 3.59. The Hall–Kier alpha value is -3.70. The number of aromatic nitrogens is 3. The molecule has 4 heterocycles. The van der Waals surface area contributed by atoms with E-state index in [0.29, 0.717) is 21.8 Å². The first-order valence-electron chi connectivity index (χ1n) is 9.60. The molecule has 0 bridgehead atoms. The topological polar surface area (TPSA) is 136 Å². The van der Waals surface area contributed by atoms with Gasteiger partial charge in [-0.05, 0) is 30.5 Å². The smallest absolute Gasteiger partial charge is 0.475 e. The third-order valence-corrected chi connectivity index (χ3v) is 5.34. The van der Waals surface area contributed by atoms with Gasteiger partial charge in [-0.15, -0.1) is 11.3 Å². The molecule has 3 N–H and O–H groups in total. The number of hydrogen-bond acceptors (Lipinski definition) is 8. The Morgan fingerprint density at radius 1 is 1.27 bits per heavy atom. The molecule has 1 aliphatic rings. The van der Waals surface area contributed by atoms with Crippen molar-refractivity contribution in [3.05, 3.63) is 40.3 Å². The first kappa shape index (κ1) is 24.0. The average Bonchev–Trinajstić information content (AvgIpc) is 3.30. The van der Waals surface area contributed by atoms with Gasteiger partial charge >= 0.3 is 12.1 Å². The maximum atomic E-state index is 12.7. The lowest BCUT2D eigenvalue weighted by Crippen LogP contribution is -2.28. The number of anilines is 2. The summed E-state index contributed by atoms with van der Waals surface area (Å²) in [7, 11) is 0. The fourth-order valence-electron chi connectivity index (χ4n) is 2.95. The van der Waals surface area contributed by atoms with Crippen LogP contribution < -0.4 is 15.5 Å². The molecule has 0 unspecified atom stereocenters. The van der Waals surface area contributed by atoms with Crippen LogP contribution in [0.2, 0.25) is 0 Å². The number of carbonyl (C=O) groups excluding carboxylic acids is 1. The van der Waals surface area contributed by atoms with Gasteiger partial charge < -0.3 is 20.6 Å². The molecule has 0 atom stereocenters. The van der Waals surface area contributed by atoms with E-state index in [1.807, 2.05) is 12.3 Å². The third kappa shape index (κ3) is 5.96. The van der Waals surface area contributed by atoms with Gasteiger partial charge in [0, 0.05) is 25.8 Å². The molecule has 4 rings (SSSR count). The zero-order valence-corrected chi connectivity index (χ0v) is 17.8. The normalized spacial score (nSPS) is 14.1. The molecule has 174 valence electrons. The number of aliphatic carboxylic acids is 1. The number of hydrogen-bond donors (Lipinski definition) is 3. The molecule has 14 heteroatoms. The van der Waals surface area contributed by atoms with Crippen molar-refractivity contribution < 1.29 is 27.9 Å². The second-order valence-corrected chi connectivity index (χ2v) is 7.65. The summed E-state index contributed by atoms with van der Waals surface area (Å²) in [4.78, 5) is 28.9. The number of alkyl halides is 3. The van der Waals surface area contributed by atoms with E-state index in [1.165, 1.54) is 17.5 Å². The van der Waals surface area contributed by atoms with E-state index in [4.69, 9.17) is 15.2 Å². The fraction of sp³-hybridized carbons (Fsp3) is 0.316. The predicted molar refractivity (Wildman–Crippen MR) is 113 cm³/mol. The summed E-state index contributed by atoms with van der Waals surface area (Å²) < 4.78 is 33.3. The van der Waals surface area contributed by atoms with Crippen LogP contribution in [0.15, 0.2) is 29.9 Å². The zero-order valence-electron chi connectivity index (χ0n) is 17.0. The van der Waals surface area contributed by atoms with Gasteiger partial charge in [0.25, 0.3) is 5.91 Å². The van der Waals surface area contributed by atoms with Gasteiger partial charge in [-0.25, -0.2) is 14.3 Å². The number of amides is 1. The molecular formula is C19H18F3N7O3S. The number of thiophene rings is 1. The minimum Gasteiger partial charge on any atom is -0.475 e. The van der Waals surface area contributed by atoms with Crippen LogP contribution in [0.5, 0.6) is 0 Å². The quantitative estimate of drug-likeness (QED) is 0.519. The Balaban J connectivity index is 0.000000383. The van der Waals surface area contributed by atoms with Crippen molar-refractivity contribution >= 4 is 40.4 Å². The van der Waals surface area contributed by atoms with Crippen LogP contribution in [0.1, 0.15) is 21.7 Å². The predicted octanol–water partition coefficient (Wildman–Crippen LogP) is 2.35. The van der Waals surface area contributed by atoms with E-state index in [2.05, 4.69) is 31.7 Å². The Morgan fingerprint density at radius 3 is 2.73 bits per heavy atom. The highest BCUT2D eigenvalue weighted by atomic mass is 32.1. The average molecular weight is 481 g/mol. The molecule has 0 saturated carbocycles. The van der Waals surface area contributed by atoms with Crippen LogP contribution in [0.4, 0.5) is 24.7 Å². The number of carboxylic acid groups (broad SMARTS) is 1. The summed E-state index contributed by atoms with van der Waals surface area (Å²) in [6.45, 7) is 3.71. The third-order valence-electron chi connectivity index (χ3n) is 4.52. The van der Waals surface area contributed by atoms with Gasteiger partial charge in [0.1, 0.15) is 22.3 Å². The van der Waals surface area contributed by atoms with Crippen molar-refractivity contribution in [3.63, 3.8) is 0 Å². The van der Waals surface area contributed by atoms with Crippen molar-refractivity contribution in [3.8, 4) is 6.07 Å². The molecule has 0 aliphatic carbocycles. The van der Waals surface area contributed by atoms with Crippen LogP contribution in [-0.4, -0.2) is 63.9 Å². The molecule has 3 aromatic heterocycles. The summed E-state index contributed by atoms with van der Waals surface area (Å²) >= 11 is 1.29. The summed E-state index contributed by atoms with van der Waals surface area (Å²) in [5.41, 5.74) is 1.40. The largest absolute Gasteiger partial charge is 0.490 e. The molecule has 10 nitrogen and oxygen atoms in total. The summed E-state index contributed by atoms with van der Waals surface area (Å²) in [5.74, 6) is -2.24. The van der Waals surface area contributed by atoms with Crippen LogP contribution in [0.25, 0.3) is 5.65 Å². The number of nitrogens with one attached hydrogen (secondary N) is 2. The number of nitriles is 1. The Kier molecular flexibility index (Phi) is 7.46. The molecule has 3 aromatic rings. The number of rotatable bonds is 3. The lowest BCUT2D eigenvalue weighted by atomic mass is 10.3. The lowest BCUT2D eigenvalue weighted by molar-refractivity contribution is -0.192. The van der Waals surface area contributed by atoms with Crippen LogP contribution >= 0.6 is 11.3 Å². The Bertz CT molecular complexity index is 1180. The highest BCUT2D eigenvalue weighted by Gasteiger charge is 2.38. The summed E-state index contributed by atoms with van der Waals surface area (Å²) in [6, 6.07) is 5.71. The van der Waals surface area contributed by atoms with Gasteiger partial charge in [-0.2, -0.15) is 23.5 Å². The van der Waals surface area contributed by atoms with Crippen molar-refractivity contribution in [2.45, 2.75) is 12.6 Å². The zero-order chi connectivity index (χ0) is 24.0. The van der Waals surface area contributed by atoms with E-state index >= 15 is 0 Å². The number of halogens is 3. The number of carbonyl (C=O) groups is 2. The van der Waals surface area contributed by atoms with Gasteiger partial charge in [-0.3, -0.25) is 4.79 Å². The van der Waals surface area contributed by atoms with E-state index < -0.39 is 12.1 Å². The number of carboxylic acids is 1. The van der Waals surface area contributed by atoms with Crippen molar-refractivity contribution in [2.24, 2.45) is 0 Å². The van der Waals surface area contributed by atoms with Gasteiger partial charge in [-0.1, -0.05) is 0 Å². The first-order chi connectivity index (χ1) is 15.7. The lowest BCUT2D eigenvalue weighted by Gasteiger charge is -2.20. The molecule has 33 heavy (non-hydrogen) atoms. The summed E-state index contributed by atoms with van der Waals surface area (Å²) in [6.07, 6.45) is -0.712. The van der Waals surface area contributed by atoms with E-state index in [1.54, 1.807) is 16.0 Å². The Morgan fingerprint density at radius 2 is 2.03 bits per heavy atom. The van der Waals surface area contributed by atoms with Crippen molar-refractivity contribution in [1.82, 2.24) is 19.9 Å². The minimum atomic E-state index is -5.08. The van der Waals surface area contributed by atoms with Crippen LogP contribution in [0, 0.1) is 11.3 Å². The van der Waals surface area contributed by atoms with Crippen LogP contribution in [0.3, 0.4) is 0 Å². The highest BCUT2D eigenvalue weighted by molar-refractivity contribution is 7.11. The van der Waals surface area contributed by atoms with Crippen molar-refractivity contribution in [1.29, 1.82) is 5.26 Å². The standard InChI is InChI=1S/C17H17N7OS.C2HF3O2/c18-10-14-13(3-9-26-14)21-17(25)12-11-20-24-7-2-15(22-16(12)24)23-6-1-4-19-5-8-23;3-2(4,5)1(6)7/h2-3,7,9,11,19H,1,4-6,8H2,(H,21,25);(H,6,7). The van der Waals surface area contributed by atoms with Gasteiger partial charge in [0.05, 0.1) is 11.9 Å². The SMILES string of the molecule is N#Cc1sccc1NC(=O)c1cnn2ccc(N3CCCNCC3)nc12.O=C(O)C(F)(F)F. The first-order valence-corrected chi connectivity index (χ1v) is 10.5. The summed E-state index contributed by atoms with van der Waals surface area (Å²) in [5, 5.41) is 28.4. The second kappa shape index (κ2) is 10.3. The molecule has 1 fully saturated rings. The molecule has 0 spiro atoms.